The molecule has 0 amide bonds. The summed E-state index contributed by atoms with van der Waals surface area (Å²) in [4.78, 5) is 2.60. The lowest BCUT2D eigenvalue weighted by Crippen LogP contribution is -2.27. The number of nitrogens with one attached hydrogen (secondary N) is 1. The van der Waals surface area contributed by atoms with Crippen molar-refractivity contribution in [1.29, 1.82) is 0 Å². The number of rotatable bonds is 10. The van der Waals surface area contributed by atoms with E-state index in [4.69, 9.17) is 4.42 Å². The van der Waals surface area contributed by atoms with Crippen LogP contribution in [0.1, 0.15) is 57.8 Å². The zero-order valence-electron chi connectivity index (χ0n) is 13.3. The van der Waals surface area contributed by atoms with Gasteiger partial charge in [-0.2, -0.15) is 0 Å². The fourth-order valence-corrected chi connectivity index (χ4v) is 2.47. The Morgan fingerprint density at radius 3 is 2.85 bits per heavy atom. The molecule has 0 spiro atoms. The minimum absolute atomic E-state index is 0.779. The molecule has 1 aromatic heterocycles. The van der Waals surface area contributed by atoms with Crippen LogP contribution in [0.2, 0.25) is 0 Å². The van der Waals surface area contributed by atoms with E-state index in [2.05, 4.69) is 37.1 Å². The minimum Gasteiger partial charge on any atom is -0.468 e. The summed E-state index contributed by atoms with van der Waals surface area (Å²) in [6.45, 7) is 11.0. The van der Waals surface area contributed by atoms with Gasteiger partial charge >= 0.3 is 0 Å². The summed E-state index contributed by atoms with van der Waals surface area (Å²) in [6.07, 6.45) is 7.09. The fourth-order valence-electron chi connectivity index (χ4n) is 2.47. The second-order valence-electron chi connectivity index (χ2n) is 6.48. The van der Waals surface area contributed by atoms with E-state index in [0.29, 0.717) is 0 Å². The van der Waals surface area contributed by atoms with Gasteiger partial charge in [-0.25, -0.2) is 0 Å². The Kier molecular flexibility index (Phi) is 6.11. The predicted molar refractivity (Wildman–Crippen MR) is 83.6 cm³/mol. The second-order valence-corrected chi connectivity index (χ2v) is 6.48. The predicted octanol–water partition coefficient (Wildman–Crippen LogP) is 3.79. The van der Waals surface area contributed by atoms with Crippen molar-refractivity contribution >= 4 is 0 Å². The van der Waals surface area contributed by atoms with Crippen LogP contribution in [-0.4, -0.2) is 24.0 Å². The molecule has 1 aliphatic rings. The third kappa shape index (κ3) is 5.29. The highest BCUT2D eigenvalue weighted by Crippen LogP contribution is 2.29. The van der Waals surface area contributed by atoms with E-state index in [9.17, 15) is 0 Å². The van der Waals surface area contributed by atoms with Gasteiger partial charge in [0.1, 0.15) is 5.76 Å². The molecular formula is C17H30N2O. The summed E-state index contributed by atoms with van der Waals surface area (Å²) in [5.41, 5.74) is 1.27. The van der Waals surface area contributed by atoms with Crippen LogP contribution in [0, 0.1) is 5.92 Å². The maximum atomic E-state index is 5.73. The van der Waals surface area contributed by atoms with Crippen molar-refractivity contribution in [2.24, 2.45) is 5.92 Å². The lowest BCUT2D eigenvalue weighted by Gasteiger charge is -2.21. The number of hydrogen-bond acceptors (Lipinski definition) is 3. The van der Waals surface area contributed by atoms with Gasteiger partial charge in [0.15, 0.2) is 0 Å². The van der Waals surface area contributed by atoms with Crippen molar-refractivity contribution in [1.82, 2.24) is 10.2 Å². The van der Waals surface area contributed by atoms with Crippen LogP contribution < -0.4 is 5.32 Å². The summed E-state index contributed by atoms with van der Waals surface area (Å²) >= 11 is 0. The number of hydrogen-bond donors (Lipinski definition) is 1. The van der Waals surface area contributed by atoms with Crippen LogP contribution in [0.3, 0.4) is 0 Å². The lowest BCUT2D eigenvalue weighted by molar-refractivity contribution is 0.221. The van der Waals surface area contributed by atoms with Crippen LogP contribution in [-0.2, 0) is 13.1 Å². The maximum Gasteiger partial charge on any atom is 0.118 e. The third-order valence-electron chi connectivity index (χ3n) is 3.88. The smallest absolute Gasteiger partial charge is 0.118 e. The zero-order valence-corrected chi connectivity index (χ0v) is 13.3. The average molecular weight is 278 g/mol. The van der Waals surface area contributed by atoms with Gasteiger partial charge in [-0.1, -0.05) is 20.8 Å². The molecule has 2 rings (SSSR count). The highest BCUT2D eigenvalue weighted by Gasteiger charge is 2.29. The Labute approximate surface area is 123 Å². The van der Waals surface area contributed by atoms with Crippen LogP contribution in [0.4, 0.5) is 0 Å². The van der Waals surface area contributed by atoms with Gasteiger partial charge in [0.05, 0.1) is 12.8 Å². The number of furan rings is 1. The fraction of sp³-hybridized carbons (Fsp3) is 0.765. The summed E-state index contributed by atoms with van der Waals surface area (Å²) in [5, 5.41) is 3.42. The van der Waals surface area contributed by atoms with Gasteiger partial charge in [-0.05, 0) is 50.8 Å². The van der Waals surface area contributed by atoms with E-state index in [0.717, 1.165) is 37.4 Å². The monoisotopic (exact) mass is 278 g/mol. The third-order valence-corrected chi connectivity index (χ3v) is 3.88. The molecule has 3 heteroatoms. The highest BCUT2D eigenvalue weighted by molar-refractivity contribution is 5.13. The average Bonchev–Trinajstić information content (AvgIpc) is 3.16. The Morgan fingerprint density at radius 1 is 1.40 bits per heavy atom. The molecule has 3 nitrogen and oxygen atoms in total. The largest absolute Gasteiger partial charge is 0.468 e. The molecule has 1 aromatic rings. The molecule has 0 radical (unpaired) electrons. The normalized spacial score (nSPS) is 15.4. The van der Waals surface area contributed by atoms with Gasteiger partial charge in [0, 0.05) is 18.2 Å². The van der Waals surface area contributed by atoms with Crippen molar-refractivity contribution in [2.45, 2.75) is 65.6 Å². The molecule has 1 aliphatic carbocycles. The first-order chi connectivity index (χ1) is 9.69. The van der Waals surface area contributed by atoms with Crippen molar-refractivity contribution < 1.29 is 4.42 Å². The van der Waals surface area contributed by atoms with Crippen LogP contribution in [0.5, 0.6) is 0 Å². The van der Waals surface area contributed by atoms with E-state index in [-0.39, 0.29) is 0 Å². The molecular weight excluding hydrogens is 248 g/mol. The molecule has 0 unspecified atom stereocenters. The maximum absolute atomic E-state index is 5.73. The zero-order chi connectivity index (χ0) is 14.4. The summed E-state index contributed by atoms with van der Waals surface area (Å²) < 4.78 is 5.73. The topological polar surface area (TPSA) is 28.4 Å². The Hall–Kier alpha value is -0.800. The van der Waals surface area contributed by atoms with E-state index >= 15 is 0 Å². The molecule has 0 atom stereocenters. The Bertz CT molecular complexity index is 382. The van der Waals surface area contributed by atoms with Gasteiger partial charge in [0.25, 0.3) is 0 Å². The first kappa shape index (κ1) is 15.6. The molecule has 1 heterocycles. The van der Waals surface area contributed by atoms with Crippen molar-refractivity contribution in [3.8, 4) is 0 Å². The second kappa shape index (κ2) is 7.84. The molecule has 0 saturated heterocycles. The van der Waals surface area contributed by atoms with E-state index in [1.54, 1.807) is 0 Å². The highest BCUT2D eigenvalue weighted by atomic mass is 16.3. The molecule has 0 aliphatic heterocycles. The molecule has 20 heavy (non-hydrogen) atoms. The van der Waals surface area contributed by atoms with Crippen LogP contribution in [0.25, 0.3) is 0 Å². The van der Waals surface area contributed by atoms with Crippen LogP contribution in [0.15, 0.2) is 16.7 Å². The summed E-state index contributed by atoms with van der Waals surface area (Å²) in [6, 6.07) is 3.02. The standard InChI is InChI=1S/C17H30N2O/c1-4-8-18-11-15-10-17(20-13-15)12-19(16-5-6-16)9-7-14(2)3/h10,13-14,16,18H,4-9,11-12H2,1-3H3. The van der Waals surface area contributed by atoms with Crippen molar-refractivity contribution in [3.63, 3.8) is 0 Å². The molecule has 0 aromatic carbocycles. The van der Waals surface area contributed by atoms with Crippen LogP contribution >= 0.6 is 0 Å². The molecule has 1 saturated carbocycles. The molecule has 1 fully saturated rings. The molecule has 1 N–H and O–H groups in total. The van der Waals surface area contributed by atoms with Crippen molar-refractivity contribution in [2.75, 3.05) is 13.1 Å². The first-order valence-electron chi connectivity index (χ1n) is 8.20. The Balaban J connectivity index is 1.80. The van der Waals surface area contributed by atoms with Crippen molar-refractivity contribution in [3.05, 3.63) is 23.7 Å². The van der Waals surface area contributed by atoms with E-state index in [1.807, 2.05) is 6.26 Å². The minimum atomic E-state index is 0.779. The van der Waals surface area contributed by atoms with Gasteiger partial charge < -0.3 is 9.73 Å². The van der Waals surface area contributed by atoms with E-state index in [1.165, 1.54) is 37.8 Å². The van der Waals surface area contributed by atoms with E-state index < -0.39 is 0 Å². The van der Waals surface area contributed by atoms with Gasteiger partial charge in [-0.15, -0.1) is 0 Å². The summed E-state index contributed by atoms with van der Waals surface area (Å²) in [7, 11) is 0. The lowest BCUT2D eigenvalue weighted by atomic mass is 10.1. The molecule has 114 valence electrons. The quantitative estimate of drug-likeness (QED) is 0.660. The first-order valence-corrected chi connectivity index (χ1v) is 8.20. The summed E-state index contributed by atoms with van der Waals surface area (Å²) in [5.74, 6) is 1.90. The SMILES string of the molecule is CCCNCc1coc(CN(CCC(C)C)C2CC2)c1. The Morgan fingerprint density at radius 2 is 2.20 bits per heavy atom. The number of nitrogens with zero attached hydrogens (tertiary/aromatic N) is 1. The molecule has 0 bridgehead atoms. The van der Waals surface area contributed by atoms with Gasteiger partial charge in [0.2, 0.25) is 0 Å². The van der Waals surface area contributed by atoms with Gasteiger partial charge in [-0.3, -0.25) is 4.90 Å².